The Kier molecular flexibility index (Phi) is 7.11. The van der Waals surface area contributed by atoms with Crippen LogP contribution in [0, 0.1) is 20.8 Å². The van der Waals surface area contributed by atoms with Gasteiger partial charge in [0.25, 0.3) is 0 Å². The first-order valence-corrected chi connectivity index (χ1v) is 11.8. The zero-order chi connectivity index (χ0) is 21.9. The Morgan fingerprint density at radius 2 is 1.55 bits per heavy atom. The van der Waals surface area contributed by atoms with Crippen LogP contribution in [-0.2, 0) is 21.2 Å². The normalized spacial score (nSPS) is 13.6. The molecule has 5 nitrogen and oxygen atoms in total. The Morgan fingerprint density at radius 3 is 2.07 bits per heavy atom. The number of sulfonamides is 1. The summed E-state index contributed by atoms with van der Waals surface area (Å²) < 4.78 is 26.1. The molecule has 0 aromatic heterocycles. The number of anilines is 1. The molecule has 0 spiro atoms. The summed E-state index contributed by atoms with van der Waals surface area (Å²) in [7, 11) is -3.63. The van der Waals surface area contributed by atoms with Gasteiger partial charge in [0.2, 0.25) is 15.9 Å². The summed E-state index contributed by atoms with van der Waals surface area (Å²) in [4.78, 5) is 13.0. The predicted octanol–water partition coefficient (Wildman–Crippen LogP) is 4.21. The van der Waals surface area contributed by atoms with Crippen molar-refractivity contribution in [3.05, 3.63) is 64.2 Å². The SMILES string of the molecule is CCc1ccc(N([C@@H](C)C(=O)N[C@H](C)c2cc(C)c(C)cc2C)S(C)(=O)=O)cc1. The minimum absolute atomic E-state index is 0.229. The molecule has 0 saturated heterocycles. The maximum Gasteiger partial charge on any atom is 0.244 e. The smallest absolute Gasteiger partial charge is 0.244 e. The van der Waals surface area contributed by atoms with Crippen LogP contribution in [0.5, 0.6) is 0 Å². The summed E-state index contributed by atoms with van der Waals surface area (Å²) in [5.74, 6) is -0.333. The van der Waals surface area contributed by atoms with Crippen molar-refractivity contribution in [3.8, 4) is 0 Å². The van der Waals surface area contributed by atoms with E-state index >= 15 is 0 Å². The number of nitrogens with zero attached hydrogens (tertiary/aromatic N) is 1. The number of nitrogens with one attached hydrogen (secondary N) is 1. The summed E-state index contributed by atoms with van der Waals surface area (Å²) in [6, 6.07) is 10.4. The predicted molar refractivity (Wildman–Crippen MR) is 120 cm³/mol. The number of benzene rings is 2. The van der Waals surface area contributed by atoms with Gasteiger partial charge in [-0.2, -0.15) is 0 Å². The molecule has 0 radical (unpaired) electrons. The molecule has 0 aliphatic rings. The third-order valence-electron chi connectivity index (χ3n) is 5.40. The lowest BCUT2D eigenvalue weighted by Crippen LogP contribution is -2.48. The van der Waals surface area contributed by atoms with Crippen LogP contribution in [0.15, 0.2) is 36.4 Å². The van der Waals surface area contributed by atoms with Crippen LogP contribution >= 0.6 is 0 Å². The number of hydrogen-bond donors (Lipinski definition) is 1. The molecule has 0 aliphatic carbocycles. The van der Waals surface area contributed by atoms with Gasteiger partial charge < -0.3 is 5.32 Å². The van der Waals surface area contributed by atoms with Crippen molar-refractivity contribution in [3.63, 3.8) is 0 Å². The number of rotatable bonds is 7. The summed E-state index contributed by atoms with van der Waals surface area (Å²) in [5, 5.41) is 2.98. The maximum atomic E-state index is 13.0. The van der Waals surface area contributed by atoms with Crippen molar-refractivity contribution in [1.82, 2.24) is 5.32 Å². The number of aryl methyl sites for hydroxylation is 4. The van der Waals surface area contributed by atoms with Crippen molar-refractivity contribution in [2.24, 2.45) is 0 Å². The average molecular weight is 417 g/mol. The van der Waals surface area contributed by atoms with E-state index < -0.39 is 16.1 Å². The largest absolute Gasteiger partial charge is 0.348 e. The molecule has 0 bridgehead atoms. The van der Waals surface area contributed by atoms with Gasteiger partial charge in [-0.05, 0) is 81.0 Å². The first-order chi connectivity index (χ1) is 13.5. The molecule has 0 aliphatic heterocycles. The van der Waals surface area contributed by atoms with Gasteiger partial charge in [-0.1, -0.05) is 31.2 Å². The second kappa shape index (κ2) is 8.99. The highest BCUT2D eigenvalue weighted by molar-refractivity contribution is 7.92. The third kappa shape index (κ3) is 5.38. The Labute approximate surface area is 175 Å². The van der Waals surface area contributed by atoms with Crippen LogP contribution in [0.1, 0.15) is 54.6 Å². The first-order valence-electron chi connectivity index (χ1n) is 9.92. The lowest BCUT2D eigenvalue weighted by molar-refractivity contribution is -0.122. The number of carbonyl (C=O) groups excluding carboxylic acids is 1. The molecule has 6 heteroatoms. The number of hydrogen-bond acceptors (Lipinski definition) is 3. The average Bonchev–Trinajstić information content (AvgIpc) is 2.64. The van der Waals surface area contributed by atoms with E-state index in [-0.39, 0.29) is 11.9 Å². The van der Waals surface area contributed by atoms with E-state index in [9.17, 15) is 13.2 Å². The Balaban J connectivity index is 2.28. The van der Waals surface area contributed by atoms with Crippen molar-refractivity contribution in [2.75, 3.05) is 10.6 Å². The lowest BCUT2D eigenvalue weighted by Gasteiger charge is -2.29. The fourth-order valence-corrected chi connectivity index (χ4v) is 4.72. The number of amides is 1. The molecule has 29 heavy (non-hydrogen) atoms. The molecule has 0 heterocycles. The van der Waals surface area contributed by atoms with Crippen LogP contribution < -0.4 is 9.62 Å². The van der Waals surface area contributed by atoms with E-state index in [1.54, 1.807) is 19.1 Å². The van der Waals surface area contributed by atoms with Gasteiger partial charge in [-0.25, -0.2) is 8.42 Å². The molecule has 0 fully saturated rings. The molecule has 2 atom stereocenters. The van der Waals surface area contributed by atoms with Gasteiger partial charge in [0, 0.05) is 0 Å². The summed E-state index contributed by atoms with van der Waals surface area (Å²) in [6.07, 6.45) is 1.99. The quantitative estimate of drug-likeness (QED) is 0.735. The van der Waals surface area contributed by atoms with Crippen LogP contribution in [-0.4, -0.2) is 26.6 Å². The highest BCUT2D eigenvalue weighted by Gasteiger charge is 2.30. The lowest BCUT2D eigenvalue weighted by atomic mass is 9.96. The minimum atomic E-state index is -3.63. The molecule has 2 aromatic rings. The number of carbonyl (C=O) groups is 1. The van der Waals surface area contributed by atoms with E-state index in [4.69, 9.17) is 0 Å². The molecule has 0 saturated carbocycles. The van der Waals surface area contributed by atoms with Crippen molar-refractivity contribution < 1.29 is 13.2 Å². The van der Waals surface area contributed by atoms with Crippen molar-refractivity contribution in [2.45, 2.75) is 60.0 Å². The Hall–Kier alpha value is -2.34. The topological polar surface area (TPSA) is 66.5 Å². The van der Waals surface area contributed by atoms with Crippen LogP contribution in [0.2, 0.25) is 0 Å². The van der Waals surface area contributed by atoms with Crippen molar-refractivity contribution in [1.29, 1.82) is 0 Å². The fourth-order valence-electron chi connectivity index (χ4n) is 3.55. The van der Waals surface area contributed by atoms with Crippen molar-refractivity contribution >= 4 is 21.6 Å². The summed E-state index contributed by atoms with van der Waals surface area (Å²) >= 11 is 0. The zero-order valence-corrected chi connectivity index (χ0v) is 19.2. The van der Waals surface area contributed by atoms with Gasteiger partial charge in [-0.3, -0.25) is 9.10 Å². The Bertz CT molecular complexity index is 982. The fraction of sp³-hybridized carbons (Fsp3) is 0.435. The van der Waals surface area contributed by atoms with Gasteiger partial charge in [0.15, 0.2) is 0 Å². The van der Waals surface area contributed by atoms with Gasteiger partial charge in [-0.15, -0.1) is 0 Å². The highest BCUT2D eigenvalue weighted by Crippen LogP contribution is 2.24. The van der Waals surface area contributed by atoms with E-state index in [1.807, 2.05) is 39.8 Å². The zero-order valence-electron chi connectivity index (χ0n) is 18.4. The second-order valence-corrected chi connectivity index (χ2v) is 9.64. The minimum Gasteiger partial charge on any atom is -0.348 e. The molecule has 1 amide bonds. The van der Waals surface area contributed by atoms with E-state index in [1.165, 1.54) is 9.87 Å². The van der Waals surface area contributed by atoms with E-state index in [0.29, 0.717) is 5.69 Å². The molecule has 0 unspecified atom stereocenters. The monoisotopic (exact) mass is 416 g/mol. The van der Waals surface area contributed by atoms with E-state index in [0.717, 1.165) is 34.9 Å². The molecule has 1 N–H and O–H groups in total. The van der Waals surface area contributed by atoms with Gasteiger partial charge >= 0.3 is 0 Å². The Morgan fingerprint density at radius 1 is 1.00 bits per heavy atom. The van der Waals surface area contributed by atoms with Gasteiger partial charge in [0.05, 0.1) is 18.0 Å². The standard InChI is InChI=1S/C23H32N2O3S/c1-8-20-9-11-21(12-10-20)25(29(7,27)28)19(6)23(26)24-18(5)22-14-16(3)15(2)13-17(22)4/h9-14,18-19H,8H2,1-7H3,(H,24,26)/t18-,19+/m1/s1. The molecule has 2 rings (SSSR count). The van der Waals surface area contributed by atoms with Gasteiger partial charge in [0.1, 0.15) is 6.04 Å². The molecule has 158 valence electrons. The highest BCUT2D eigenvalue weighted by atomic mass is 32.2. The van der Waals surface area contributed by atoms with Crippen LogP contribution in [0.3, 0.4) is 0 Å². The molecular weight excluding hydrogens is 384 g/mol. The first kappa shape index (κ1) is 22.9. The summed E-state index contributed by atoms with van der Waals surface area (Å²) in [6.45, 7) is 11.7. The van der Waals surface area contributed by atoms with E-state index in [2.05, 4.69) is 24.4 Å². The van der Waals surface area contributed by atoms with Crippen LogP contribution in [0.4, 0.5) is 5.69 Å². The molecular formula is C23H32N2O3S. The third-order valence-corrected chi connectivity index (χ3v) is 6.64. The van der Waals surface area contributed by atoms with Crippen LogP contribution in [0.25, 0.3) is 0 Å². The second-order valence-electron chi connectivity index (χ2n) is 7.78. The molecule has 2 aromatic carbocycles. The maximum absolute atomic E-state index is 13.0. The summed E-state index contributed by atoms with van der Waals surface area (Å²) in [5.41, 5.74) is 6.10.